The van der Waals surface area contributed by atoms with Crippen LogP contribution in [0.1, 0.15) is 0 Å². The van der Waals surface area contributed by atoms with Gasteiger partial charge in [-0.3, -0.25) is 0 Å². The summed E-state index contributed by atoms with van der Waals surface area (Å²) in [7, 11) is 0.750. The van der Waals surface area contributed by atoms with Crippen LogP contribution >= 0.6 is 0 Å². The molecule has 0 aliphatic rings. The molecule has 0 aromatic rings. The molecule has 6 heteroatoms. The van der Waals surface area contributed by atoms with E-state index in [0.717, 1.165) is 7.11 Å². The second kappa shape index (κ2) is 24.0. The summed E-state index contributed by atoms with van der Waals surface area (Å²) < 4.78 is 0. The van der Waals surface area contributed by atoms with Crippen LogP contribution in [-0.4, -0.2) is 18.4 Å². The second-order valence-electron chi connectivity index (χ2n) is 0.266. The average molecular weight is 138 g/mol. The first-order valence-electron chi connectivity index (χ1n) is 1.04. The van der Waals surface area contributed by atoms with Crippen molar-refractivity contribution in [2.24, 2.45) is 0 Å². The van der Waals surface area contributed by atoms with Gasteiger partial charge in [-0.05, 0) is 0 Å². The van der Waals surface area contributed by atoms with E-state index in [9.17, 15) is 0 Å². The van der Waals surface area contributed by atoms with E-state index in [1.165, 1.54) is 0 Å². The van der Waals surface area contributed by atoms with Crippen LogP contribution in [0, 0.1) is 0 Å². The van der Waals surface area contributed by atoms with Crippen LogP contribution < -0.4 is 69.3 Å². The molecular weight excluding hydrogens is 134 g/mol. The molecule has 4 nitrogen and oxygen atoms in total. The van der Waals surface area contributed by atoms with Crippen LogP contribution in [0.5, 0.6) is 0 Å². The van der Waals surface area contributed by atoms with Gasteiger partial charge in [-0.1, -0.05) is 0 Å². The molecule has 0 amide bonds. The number of carboxylic acid groups (broad SMARTS) is 2. The Hall–Kier alpha value is 1.23. The molecule has 0 aromatic heterocycles. The summed E-state index contributed by atoms with van der Waals surface area (Å²) in [6.07, 6.45) is -2.08. The minimum atomic E-state index is -2.08. The molecule has 0 radical (unpaired) electrons. The second-order valence-corrected chi connectivity index (χ2v) is 0.266. The zero-order valence-corrected chi connectivity index (χ0v) is 9.17. The smallest absolute Gasteiger partial charge is 0.857 e. The van der Waals surface area contributed by atoms with E-state index in [0.29, 0.717) is 0 Å². The van der Waals surface area contributed by atoms with Crippen LogP contribution in [0.4, 0.5) is 4.79 Å². The summed E-state index contributed by atoms with van der Waals surface area (Å²) in [5.41, 5.74) is 0. The first-order valence-corrected chi connectivity index (χ1v) is 1.04. The van der Waals surface area contributed by atoms with Gasteiger partial charge in [0.25, 0.3) is 0 Å². The van der Waals surface area contributed by atoms with Crippen LogP contribution in [-0.2, 0) is 0 Å². The molecule has 1 N–H and O–H groups in total. The standard InChI is InChI=1S/CH2O3.CH3O.2Na/c2-1(3)4;1-2;;/h(H2,2,3,4);1H3;;/q;-1;2*+1/p-1. The van der Waals surface area contributed by atoms with Crippen molar-refractivity contribution >= 4 is 6.16 Å². The van der Waals surface area contributed by atoms with E-state index in [2.05, 4.69) is 0 Å². The molecule has 0 heterocycles. The van der Waals surface area contributed by atoms with Gasteiger partial charge in [0, 0.05) is 0 Å². The van der Waals surface area contributed by atoms with Crippen LogP contribution in [0.25, 0.3) is 0 Å². The van der Waals surface area contributed by atoms with Gasteiger partial charge in [0.15, 0.2) is 0 Å². The first-order chi connectivity index (χ1) is 2.73. The van der Waals surface area contributed by atoms with Gasteiger partial charge in [0.05, 0.1) is 0 Å². The van der Waals surface area contributed by atoms with Crippen molar-refractivity contribution in [1.82, 2.24) is 0 Å². The maximum atomic E-state index is 8.44. The predicted molar refractivity (Wildman–Crippen MR) is 13.9 cm³/mol. The Kier molecular flexibility index (Phi) is 68.7. The summed E-state index contributed by atoms with van der Waals surface area (Å²) >= 11 is 0. The Morgan fingerprint density at radius 3 is 1.38 bits per heavy atom. The van der Waals surface area contributed by atoms with Crippen LogP contribution in [0.3, 0.4) is 0 Å². The summed E-state index contributed by atoms with van der Waals surface area (Å²) in [6.45, 7) is 0. The largest absolute Gasteiger partial charge is 1.00 e. The summed E-state index contributed by atoms with van der Waals surface area (Å²) in [4.78, 5) is 8.44. The van der Waals surface area contributed by atoms with Gasteiger partial charge in [-0.15, -0.1) is 0 Å². The molecule has 8 heavy (non-hydrogen) atoms. The third-order valence-electron chi connectivity index (χ3n) is 0. The van der Waals surface area contributed by atoms with Gasteiger partial charge in [-0.2, -0.15) is 7.11 Å². The molecule has 0 spiro atoms. The van der Waals surface area contributed by atoms with E-state index in [-0.39, 0.29) is 59.1 Å². The molecule has 0 rings (SSSR count). The number of hydrogen-bond acceptors (Lipinski definition) is 3. The predicted octanol–water partition coefficient (Wildman–Crippen LogP) is -8.13. The van der Waals surface area contributed by atoms with Gasteiger partial charge in [-0.25, -0.2) is 0 Å². The fourth-order valence-electron chi connectivity index (χ4n) is 0. The van der Waals surface area contributed by atoms with E-state index in [1.807, 2.05) is 0 Å². The number of hydrogen-bond donors (Lipinski definition) is 1. The summed E-state index contributed by atoms with van der Waals surface area (Å²) in [5, 5.41) is 23.6. The van der Waals surface area contributed by atoms with Crippen molar-refractivity contribution in [1.29, 1.82) is 0 Å². The molecule has 0 atom stereocenters. The van der Waals surface area contributed by atoms with Gasteiger partial charge in [0.1, 0.15) is 0 Å². The van der Waals surface area contributed by atoms with Crippen LogP contribution in [0.15, 0.2) is 0 Å². The van der Waals surface area contributed by atoms with E-state index in [4.69, 9.17) is 20.1 Å². The molecule has 0 unspecified atom stereocenters. The number of carbonyl (C=O) groups is 1. The van der Waals surface area contributed by atoms with Crippen molar-refractivity contribution in [3.05, 3.63) is 0 Å². The van der Waals surface area contributed by atoms with Crippen molar-refractivity contribution in [3.63, 3.8) is 0 Å². The van der Waals surface area contributed by atoms with Crippen molar-refractivity contribution in [2.45, 2.75) is 0 Å². The maximum Gasteiger partial charge on any atom is 1.00 e. The fourth-order valence-corrected chi connectivity index (χ4v) is 0. The Bertz CT molecular complexity index is 35.0. The van der Waals surface area contributed by atoms with E-state index in [1.54, 1.807) is 0 Å². The number of rotatable bonds is 0. The molecule has 0 aromatic carbocycles. The van der Waals surface area contributed by atoms with Gasteiger partial charge >= 0.3 is 59.1 Å². The molecule has 0 bridgehead atoms. The SMILES string of the molecule is C[O-].O=C([O-])O.[Na+].[Na+]. The Labute approximate surface area is 91.5 Å². The Morgan fingerprint density at radius 1 is 1.38 bits per heavy atom. The first kappa shape index (κ1) is 22.9. The quantitative estimate of drug-likeness (QED) is 0.337. The fraction of sp³-hybridized carbons (Fsp3) is 0.500. The van der Waals surface area contributed by atoms with E-state index >= 15 is 0 Å². The molecule has 0 aliphatic heterocycles. The maximum absolute atomic E-state index is 8.44. The topological polar surface area (TPSA) is 83.4 Å². The van der Waals surface area contributed by atoms with Crippen molar-refractivity contribution < 1.29 is 79.2 Å². The summed E-state index contributed by atoms with van der Waals surface area (Å²) in [5.74, 6) is 0. The molecule has 38 valence electrons. The van der Waals surface area contributed by atoms with Gasteiger partial charge < -0.3 is 20.1 Å². The molecule has 0 aliphatic carbocycles. The minimum absolute atomic E-state index is 0. The Morgan fingerprint density at radius 2 is 1.38 bits per heavy atom. The zero-order chi connectivity index (χ0) is 5.58. The average Bonchev–Trinajstić information content (AvgIpc) is 1.41. The normalized spacial score (nSPS) is 3.75. The monoisotopic (exact) mass is 138 g/mol. The van der Waals surface area contributed by atoms with Crippen molar-refractivity contribution in [3.8, 4) is 0 Å². The Balaban J connectivity index is -0.0000000183. The third kappa shape index (κ3) is 185. The summed E-state index contributed by atoms with van der Waals surface area (Å²) in [6, 6.07) is 0. The zero-order valence-electron chi connectivity index (χ0n) is 5.17. The third-order valence-corrected chi connectivity index (χ3v) is 0. The van der Waals surface area contributed by atoms with Crippen molar-refractivity contribution in [2.75, 3.05) is 7.11 Å². The molecule has 0 saturated carbocycles. The minimum Gasteiger partial charge on any atom is -0.857 e. The van der Waals surface area contributed by atoms with E-state index < -0.39 is 6.16 Å². The molecule has 0 fully saturated rings. The molecule has 0 saturated heterocycles. The van der Waals surface area contributed by atoms with Crippen LogP contribution in [0.2, 0.25) is 0 Å². The van der Waals surface area contributed by atoms with Gasteiger partial charge in [0.2, 0.25) is 6.16 Å². The molecular formula is C2H4Na2O4.